The van der Waals surface area contributed by atoms with E-state index >= 15 is 0 Å². The minimum Gasteiger partial charge on any atom is -0.394 e. The van der Waals surface area contributed by atoms with Crippen molar-refractivity contribution < 1.29 is 5.11 Å². The van der Waals surface area contributed by atoms with Gasteiger partial charge in [0.1, 0.15) is 10.6 Å². The average molecular weight is 294 g/mol. The lowest BCUT2D eigenvalue weighted by molar-refractivity contribution is 0.202. The largest absolute Gasteiger partial charge is 0.394 e. The fourth-order valence-electron chi connectivity index (χ4n) is 2.13. The van der Waals surface area contributed by atoms with Gasteiger partial charge >= 0.3 is 0 Å². The zero-order chi connectivity index (χ0) is 14.6. The van der Waals surface area contributed by atoms with E-state index in [1.165, 1.54) is 0 Å². The van der Waals surface area contributed by atoms with Crippen LogP contribution in [0.2, 0.25) is 0 Å². The molecule has 0 atom stereocenters. The van der Waals surface area contributed by atoms with Crippen molar-refractivity contribution in [2.45, 2.75) is 39.2 Å². The molecule has 2 aromatic rings. The summed E-state index contributed by atoms with van der Waals surface area (Å²) in [5.41, 5.74) is -0.327. The van der Waals surface area contributed by atoms with E-state index in [2.05, 4.69) is 34.4 Å². The summed E-state index contributed by atoms with van der Waals surface area (Å²) in [7, 11) is 0. The van der Waals surface area contributed by atoms with Crippen molar-refractivity contribution >= 4 is 33.3 Å². The van der Waals surface area contributed by atoms with Gasteiger partial charge in [0.2, 0.25) is 5.95 Å². The van der Waals surface area contributed by atoms with Crippen LogP contribution in [0.4, 0.5) is 11.8 Å². The smallest absolute Gasteiger partial charge is 0.226 e. The quantitative estimate of drug-likeness (QED) is 0.732. The number of aliphatic hydroxyl groups is 1. The summed E-state index contributed by atoms with van der Waals surface area (Å²) in [4.78, 5) is 10.00. The van der Waals surface area contributed by atoms with Crippen molar-refractivity contribution in [2.24, 2.45) is 0 Å². The summed E-state index contributed by atoms with van der Waals surface area (Å²) in [5, 5.41) is 19.3. The van der Waals surface area contributed by atoms with Crippen LogP contribution in [0.25, 0.3) is 10.2 Å². The van der Waals surface area contributed by atoms with Gasteiger partial charge in [0.25, 0.3) is 0 Å². The number of anilines is 2. The second kappa shape index (κ2) is 6.37. The Morgan fingerprint density at radius 2 is 2.00 bits per heavy atom. The van der Waals surface area contributed by atoms with E-state index < -0.39 is 0 Å². The molecule has 0 unspecified atom stereocenters. The first-order valence-electron chi connectivity index (χ1n) is 7.06. The lowest BCUT2D eigenvalue weighted by Gasteiger charge is -2.31. The first kappa shape index (κ1) is 15.0. The maximum Gasteiger partial charge on any atom is 0.226 e. The Hall–Kier alpha value is -1.40. The fraction of sp³-hybridized carbons (Fsp3) is 0.571. The molecule has 2 rings (SSSR count). The Labute approximate surface area is 123 Å². The van der Waals surface area contributed by atoms with Gasteiger partial charge in [-0.3, -0.25) is 0 Å². The zero-order valence-corrected chi connectivity index (χ0v) is 13.0. The van der Waals surface area contributed by atoms with Gasteiger partial charge in [0.15, 0.2) is 0 Å². The molecule has 2 aromatic heterocycles. The molecule has 0 saturated carbocycles. The van der Waals surface area contributed by atoms with Gasteiger partial charge in [-0.15, -0.1) is 11.3 Å². The molecule has 0 radical (unpaired) electrons. The molecular formula is C14H22N4OS. The molecule has 110 valence electrons. The highest BCUT2D eigenvalue weighted by atomic mass is 32.1. The first-order valence-corrected chi connectivity index (χ1v) is 7.94. The Kier molecular flexibility index (Phi) is 4.77. The van der Waals surface area contributed by atoms with E-state index in [0.29, 0.717) is 5.95 Å². The average Bonchev–Trinajstić information content (AvgIpc) is 2.94. The number of nitrogens with zero attached hydrogens (tertiary/aromatic N) is 2. The third-order valence-electron chi connectivity index (χ3n) is 3.70. The van der Waals surface area contributed by atoms with Gasteiger partial charge in [-0.05, 0) is 31.2 Å². The van der Waals surface area contributed by atoms with Crippen molar-refractivity contribution in [2.75, 3.05) is 23.8 Å². The van der Waals surface area contributed by atoms with Crippen LogP contribution < -0.4 is 10.6 Å². The highest BCUT2D eigenvalue weighted by Crippen LogP contribution is 2.30. The number of aromatic nitrogens is 2. The molecule has 0 fully saturated rings. The summed E-state index contributed by atoms with van der Waals surface area (Å²) >= 11 is 1.60. The zero-order valence-electron chi connectivity index (χ0n) is 12.2. The van der Waals surface area contributed by atoms with E-state index in [1.807, 2.05) is 18.4 Å². The topological polar surface area (TPSA) is 70.1 Å². The molecule has 0 saturated heterocycles. The van der Waals surface area contributed by atoms with Crippen molar-refractivity contribution in [1.29, 1.82) is 0 Å². The number of thiophene rings is 1. The van der Waals surface area contributed by atoms with Crippen LogP contribution in [0.1, 0.15) is 33.6 Å². The number of nitrogens with one attached hydrogen (secondary N) is 2. The van der Waals surface area contributed by atoms with E-state index in [-0.39, 0.29) is 12.1 Å². The first-order chi connectivity index (χ1) is 9.68. The Bertz CT molecular complexity index is 557. The van der Waals surface area contributed by atoms with Crippen LogP contribution in [0, 0.1) is 0 Å². The van der Waals surface area contributed by atoms with Crippen LogP contribution in [-0.4, -0.2) is 33.8 Å². The number of rotatable bonds is 7. The normalized spacial score (nSPS) is 11.8. The lowest BCUT2D eigenvalue weighted by Crippen LogP contribution is -2.41. The number of hydrogen-bond acceptors (Lipinski definition) is 6. The van der Waals surface area contributed by atoms with Gasteiger partial charge in [-0.1, -0.05) is 13.8 Å². The van der Waals surface area contributed by atoms with Crippen LogP contribution in [0.15, 0.2) is 11.4 Å². The summed E-state index contributed by atoms with van der Waals surface area (Å²) in [6, 6.07) is 2.02. The molecule has 0 aliphatic heterocycles. The van der Waals surface area contributed by atoms with Gasteiger partial charge in [0.05, 0.1) is 17.5 Å². The van der Waals surface area contributed by atoms with Crippen LogP contribution in [-0.2, 0) is 0 Å². The monoisotopic (exact) mass is 294 g/mol. The highest BCUT2D eigenvalue weighted by Gasteiger charge is 2.26. The predicted octanol–water partition coefficient (Wildman–Crippen LogP) is 3.09. The molecule has 2 heterocycles. The second-order valence-electron chi connectivity index (χ2n) is 4.84. The molecular weight excluding hydrogens is 272 g/mol. The van der Waals surface area contributed by atoms with E-state index in [9.17, 15) is 5.11 Å². The standard InChI is InChI=1S/C14H22N4OS/c1-4-14(5-2,9-19)18-11-10-7-8-20-12(10)17-13(16-11)15-6-3/h7-8,19H,4-6,9H2,1-3H3,(H2,15,16,17,18). The summed E-state index contributed by atoms with van der Waals surface area (Å²) in [6.07, 6.45) is 1.68. The molecule has 0 aromatic carbocycles. The third-order valence-corrected chi connectivity index (χ3v) is 4.51. The molecule has 5 nitrogen and oxygen atoms in total. The van der Waals surface area contributed by atoms with Crippen molar-refractivity contribution in [3.05, 3.63) is 11.4 Å². The maximum absolute atomic E-state index is 9.71. The molecule has 0 spiro atoms. The number of aliphatic hydroxyl groups excluding tert-OH is 1. The number of fused-ring (bicyclic) bond motifs is 1. The summed E-state index contributed by atoms with van der Waals surface area (Å²) in [6.45, 7) is 7.04. The summed E-state index contributed by atoms with van der Waals surface area (Å²) < 4.78 is 0. The van der Waals surface area contributed by atoms with E-state index in [1.54, 1.807) is 11.3 Å². The highest BCUT2D eigenvalue weighted by molar-refractivity contribution is 7.16. The van der Waals surface area contributed by atoms with Crippen molar-refractivity contribution in [1.82, 2.24) is 9.97 Å². The Morgan fingerprint density at radius 1 is 1.25 bits per heavy atom. The molecule has 3 N–H and O–H groups in total. The molecule has 6 heteroatoms. The van der Waals surface area contributed by atoms with Crippen LogP contribution >= 0.6 is 11.3 Å². The van der Waals surface area contributed by atoms with E-state index in [0.717, 1.165) is 35.4 Å². The predicted molar refractivity (Wildman–Crippen MR) is 85.6 cm³/mol. The maximum atomic E-state index is 9.71. The molecule has 20 heavy (non-hydrogen) atoms. The van der Waals surface area contributed by atoms with Gasteiger partial charge in [0, 0.05) is 6.54 Å². The van der Waals surface area contributed by atoms with E-state index in [4.69, 9.17) is 0 Å². The summed E-state index contributed by atoms with van der Waals surface area (Å²) in [5.74, 6) is 1.42. The molecule has 0 aliphatic rings. The Morgan fingerprint density at radius 3 is 2.60 bits per heavy atom. The van der Waals surface area contributed by atoms with Gasteiger partial charge < -0.3 is 15.7 Å². The van der Waals surface area contributed by atoms with Crippen LogP contribution in [0.3, 0.4) is 0 Å². The van der Waals surface area contributed by atoms with Crippen molar-refractivity contribution in [3.63, 3.8) is 0 Å². The van der Waals surface area contributed by atoms with Crippen LogP contribution in [0.5, 0.6) is 0 Å². The van der Waals surface area contributed by atoms with Gasteiger partial charge in [-0.2, -0.15) is 4.98 Å². The lowest BCUT2D eigenvalue weighted by atomic mass is 9.94. The number of hydrogen-bond donors (Lipinski definition) is 3. The molecule has 0 bridgehead atoms. The Balaban J connectivity index is 2.43. The molecule has 0 amide bonds. The van der Waals surface area contributed by atoms with Gasteiger partial charge in [-0.25, -0.2) is 4.98 Å². The minimum absolute atomic E-state index is 0.0895. The minimum atomic E-state index is -0.327. The SMILES string of the molecule is CCNc1nc(NC(CC)(CC)CO)c2ccsc2n1. The second-order valence-corrected chi connectivity index (χ2v) is 5.73. The molecule has 0 aliphatic carbocycles. The fourth-order valence-corrected chi connectivity index (χ4v) is 2.89. The van der Waals surface area contributed by atoms with Crippen molar-refractivity contribution in [3.8, 4) is 0 Å². The third kappa shape index (κ3) is 2.86.